The molecule has 100 valence electrons. The summed E-state index contributed by atoms with van der Waals surface area (Å²) < 4.78 is 5.41. The molecule has 3 heteroatoms. The lowest BCUT2D eigenvalue weighted by molar-refractivity contribution is 0.180. The van der Waals surface area contributed by atoms with E-state index in [0.29, 0.717) is 0 Å². The molecule has 1 aromatic rings. The summed E-state index contributed by atoms with van der Waals surface area (Å²) in [6, 6.07) is 4.31. The fourth-order valence-electron chi connectivity index (χ4n) is 2.58. The van der Waals surface area contributed by atoms with Gasteiger partial charge in [0, 0.05) is 25.5 Å². The van der Waals surface area contributed by atoms with Crippen LogP contribution in [0.1, 0.15) is 29.8 Å². The van der Waals surface area contributed by atoms with Crippen LogP contribution >= 0.6 is 0 Å². The minimum Gasteiger partial charge on any atom is -0.381 e. The quantitative estimate of drug-likeness (QED) is 0.801. The van der Waals surface area contributed by atoms with Crippen LogP contribution in [-0.2, 0) is 11.3 Å². The van der Waals surface area contributed by atoms with Gasteiger partial charge in [0.1, 0.15) is 0 Å². The molecule has 0 radical (unpaired) electrons. The van der Waals surface area contributed by atoms with E-state index in [1.54, 1.807) is 0 Å². The standard InChI is InChI=1S/C15H24N2O/c1-12-8-13(2)16-15(9-12)10-17(3)6-4-14-5-7-18-11-14/h8-9,14H,4-7,10-11H2,1-3H3. The van der Waals surface area contributed by atoms with E-state index in [2.05, 4.69) is 42.9 Å². The van der Waals surface area contributed by atoms with Crippen molar-refractivity contribution in [3.63, 3.8) is 0 Å². The lowest BCUT2D eigenvalue weighted by Crippen LogP contribution is -2.22. The van der Waals surface area contributed by atoms with Crippen LogP contribution in [0.3, 0.4) is 0 Å². The van der Waals surface area contributed by atoms with Crippen molar-refractivity contribution in [3.8, 4) is 0 Å². The zero-order valence-electron chi connectivity index (χ0n) is 11.8. The van der Waals surface area contributed by atoms with Gasteiger partial charge in [0.15, 0.2) is 0 Å². The minimum atomic E-state index is 0.764. The van der Waals surface area contributed by atoms with Gasteiger partial charge in [-0.05, 0) is 63.9 Å². The molecule has 1 saturated heterocycles. The largest absolute Gasteiger partial charge is 0.381 e. The van der Waals surface area contributed by atoms with Crippen LogP contribution in [0.2, 0.25) is 0 Å². The average Bonchev–Trinajstić information content (AvgIpc) is 2.77. The Morgan fingerprint density at radius 2 is 2.22 bits per heavy atom. The Morgan fingerprint density at radius 1 is 1.39 bits per heavy atom. The molecule has 1 aliphatic rings. The van der Waals surface area contributed by atoms with Crippen LogP contribution < -0.4 is 0 Å². The first kappa shape index (κ1) is 13.5. The van der Waals surface area contributed by atoms with Crippen LogP contribution in [0.15, 0.2) is 12.1 Å². The molecule has 3 nitrogen and oxygen atoms in total. The van der Waals surface area contributed by atoms with Gasteiger partial charge < -0.3 is 9.64 Å². The Morgan fingerprint density at radius 3 is 2.89 bits per heavy atom. The van der Waals surface area contributed by atoms with Gasteiger partial charge in [-0.2, -0.15) is 0 Å². The fraction of sp³-hybridized carbons (Fsp3) is 0.667. The highest BCUT2D eigenvalue weighted by molar-refractivity contribution is 5.19. The molecule has 0 amide bonds. The van der Waals surface area contributed by atoms with Gasteiger partial charge in [-0.25, -0.2) is 0 Å². The number of hydrogen-bond acceptors (Lipinski definition) is 3. The van der Waals surface area contributed by atoms with Crippen LogP contribution in [-0.4, -0.2) is 36.7 Å². The first-order chi connectivity index (χ1) is 8.63. The summed E-state index contributed by atoms with van der Waals surface area (Å²) in [5, 5.41) is 0. The maximum Gasteiger partial charge on any atom is 0.0549 e. The molecular formula is C15H24N2O. The van der Waals surface area contributed by atoms with E-state index >= 15 is 0 Å². The van der Waals surface area contributed by atoms with E-state index < -0.39 is 0 Å². The van der Waals surface area contributed by atoms with Gasteiger partial charge in [-0.3, -0.25) is 4.98 Å². The first-order valence-corrected chi connectivity index (χ1v) is 6.84. The predicted molar refractivity (Wildman–Crippen MR) is 73.6 cm³/mol. The molecule has 0 aliphatic carbocycles. The fourth-order valence-corrected chi connectivity index (χ4v) is 2.58. The third-order valence-corrected chi connectivity index (χ3v) is 3.53. The molecule has 0 bridgehead atoms. The number of hydrogen-bond donors (Lipinski definition) is 0. The number of aryl methyl sites for hydroxylation is 2. The smallest absolute Gasteiger partial charge is 0.0549 e. The molecule has 1 aromatic heterocycles. The van der Waals surface area contributed by atoms with Crippen molar-refractivity contribution >= 4 is 0 Å². The molecule has 2 heterocycles. The predicted octanol–water partition coefficient (Wildman–Crippen LogP) is 2.56. The van der Waals surface area contributed by atoms with Crippen molar-refractivity contribution in [2.75, 3.05) is 26.8 Å². The van der Waals surface area contributed by atoms with Crippen LogP contribution in [0, 0.1) is 19.8 Å². The lowest BCUT2D eigenvalue weighted by Gasteiger charge is -2.18. The Bertz CT molecular complexity index is 366. The van der Waals surface area contributed by atoms with E-state index in [0.717, 1.165) is 37.9 Å². The molecule has 1 unspecified atom stereocenters. The van der Waals surface area contributed by atoms with Gasteiger partial charge in [0.05, 0.1) is 5.69 Å². The summed E-state index contributed by atoms with van der Waals surface area (Å²) in [5.74, 6) is 0.764. The maximum absolute atomic E-state index is 5.41. The molecule has 1 fully saturated rings. The molecule has 0 spiro atoms. The van der Waals surface area contributed by atoms with Gasteiger partial charge in [-0.1, -0.05) is 0 Å². The van der Waals surface area contributed by atoms with Gasteiger partial charge >= 0.3 is 0 Å². The molecular weight excluding hydrogens is 224 g/mol. The molecule has 18 heavy (non-hydrogen) atoms. The van der Waals surface area contributed by atoms with E-state index in [1.807, 2.05) is 0 Å². The number of rotatable bonds is 5. The van der Waals surface area contributed by atoms with E-state index in [1.165, 1.54) is 24.1 Å². The maximum atomic E-state index is 5.41. The summed E-state index contributed by atoms with van der Waals surface area (Å²) in [5.41, 5.74) is 3.59. The molecule has 1 aliphatic heterocycles. The Labute approximate surface area is 110 Å². The van der Waals surface area contributed by atoms with Crippen LogP contribution in [0.5, 0.6) is 0 Å². The van der Waals surface area contributed by atoms with E-state index in [9.17, 15) is 0 Å². The van der Waals surface area contributed by atoms with Crippen molar-refractivity contribution in [3.05, 3.63) is 29.1 Å². The third-order valence-electron chi connectivity index (χ3n) is 3.53. The van der Waals surface area contributed by atoms with E-state index in [-0.39, 0.29) is 0 Å². The van der Waals surface area contributed by atoms with Gasteiger partial charge in [-0.15, -0.1) is 0 Å². The second-order valence-electron chi connectivity index (χ2n) is 5.53. The highest BCUT2D eigenvalue weighted by Crippen LogP contribution is 2.16. The molecule has 1 atom stereocenters. The Balaban J connectivity index is 1.80. The third kappa shape index (κ3) is 4.07. The van der Waals surface area contributed by atoms with Crippen molar-refractivity contribution in [2.45, 2.75) is 33.2 Å². The number of pyridine rings is 1. The minimum absolute atomic E-state index is 0.764. The Hall–Kier alpha value is -0.930. The Kier molecular flexibility index (Phi) is 4.72. The highest BCUT2D eigenvalue weighted by Gasteiger charge is 2.16. The first-order valence-electron chi connectivity index (χ1n) is 6.84. The normalized spacial score (nSPS) is 19.7. The van der Waals surface area contributed by atoms with Gasteiger partial charge in [0.25, 0.3) is 0 Å². The van der Waals surface area contributed by atoms with Crippen molar-refractivity contribution in [1.29, 1.82) is 0 Å². The topological polar surface area (TPSA) is 25.4 Å². The SMILES string of the molecule is Cc1cc(C)nc(CN(C)CCC2CCOC2)c1. The zero-order chi connectivity index (χ0) is 13.0. The second kappa shape index (κ2) is 6.30. The van der Waals surface area contributed by atoms with Crippen LogP contribution in [0.4, 0.5) is 0 Å². The summed E-state index contributed by atoms with van der Waals surface area (Å²) in [6.07, 6.45) is 2.47. The summed E-state index contributed by atoms with van der Waals surface area (Å²) in [7, 11) is 2.18. The molecule has 2 rings (SSSR count). The molecule has 0 N–H and O–H groups in total. The molecule has 0 aromatic carbocycles. The zero-order valence-corrected chi connectivity index (χ0v) is 11.8. The summed E-state index contributed by atoms with van der Waals surface area (Å²) in [4.78, 5) is 6.95. The molecule has 0 saturated carbocycles. The number of ether oxygens (including phenoxy) is 1. The highest BCUT2D eigenvalue weighted by atomic mass is 16.5. The second-order valence-corrected chi connectivity index (χ2v) is 5.53. The summed E-state index contributed by atoms with van der Waals surface area (Å²) in [6.45, 7) is 8.17. The van der Waals surface area contributed by atoms with Crippen molar-refractivity contribution in [2.24, 2.45) is 5.92 Å². The van der Waals surface area contributed by atoms with Crippen molar-refractivity contribution < 1.29 is 4.74 Å². The van der Waals surface area contributed by atoms with Gasteiger partial charge in [0.2, 0.25) is 0 Å². The van der Waals surface area contributed by atoms with Crippen molar-refractivity contribution in [1.82, 2.24) is 9.88 Å². The number of aromatic nitrogens is 1. The summed E-state index contributed by atoms with van der Waals surface area (Å²) >= 11 is 0. The monoisotopic (exact) mass is 248 g/mol. The average molecular weight is 248 g/mol. The van der Waals surface area contributed by atoms with Crippen LogP contribution in [0.25, 0.3) is 0 Å². The number of nitrogens with zero attached hydrogens (tertiary/aromatic N) is 2. The lowest BCUT2D eigenvalue weighted by atomic mass is 10.1. The van der Waals surface area contributed by atoms with E-state index in [4.69, 9.17) is 4.74 Å².